The van der Waals surface area contributed by atoms with Crippen molar-refractivity contribution in [2.75, 3.05) is 5.32 Å². The zero-order valence-electron chi connectivity index (χ0n) is 11.7. The molecule has 4 heteroatoms. The highest BCUT2D eigenvalue weighted by molar-refractivity contribution is 7.10. The van der Waals surface area contributed by atoms with Crippen molar-refractivity contribution in [2.45, 2.75) is 31.7 Å². The first-order chi connectivity index (χ1) is 10.3. The van der Waals surface area contributed by atoms with Crippen LogP contribution < -0.4 is 5.32 Å². The topological polar surface area (TPSA) is 35.8 Å². The molecule has 1 atom stereocenters. The molecule has 3 rings (SSSR count). The van der Waals surface area contributed by atoms with Crippen LogP contribution >= 0.6 is 11.3 Å². The lowest BCUT2D eigenvalue weighted by Crippen LogP contribution is -2.18. The maximum absolute atomic E-state index is 13.8. The molecule has 1 aromatic heterocycles. The van der Waals surface area contributed by atoms with Crippen LogP contribution in [0.15, 0.2) is 35.7 Å². The molecule has 1 N–H and O–H groups in total. The molecular formula is C17H17FN2S. The van der Waals surface area contributed by atoms with Crippen LogP contribution in [0, 0.1) is 23.1 Å². The fourth-order valence-corrected chi connectivity index (χ4v) is 3.98. The zero-order chi connectivity index (χ0) is 14.7. The number of benzene rings is 1. The molecule has 1 aromatic carbocycles. The van der Waals surface area contributed by atoms with Gasteiger partial charge >= 0.3 is 0 Å². The summed E-state index contributed by atoms with van der Waals surface area (Å²) in [6, 6.07) is 11.1. The number of halogens is 1. The number of rotatable bonds is 4. The van der Waals surface area contributed by atoms with E-state index in [1.807, 2.05) is 12.1 Å². The van der Waals surface area contributed by atoms with Crippen molar-refractivity contribution in [3.8, 4) is 6.07 Å². The first kappa shape index (κ1) is 14.1. The molecule has 0 radical (unpaired) electrons. The predicted octanol–water partition coefficient (Wildman–Crippen LogP) is 5.10. The van der Waals surface area contributed by atoms with Gasteiger partial charge in [-0.25, -0.2) is 4.39 Å². The maximum atomic E-state index is 13.8. The number of anilines is 1. The average molecular weight is 300 g/mol. The van der Waals surface area contributed by atoms with Crippen LogP contribution in [0.3, 0.4) is 0 Å². The Bertz CT molecular complexity index is 639. The molecule has 1 saturated carbocycles. The minimum absolute atomic E-state index is 0.108. The van der Waals surface area contributed by atoms with Crippen LogP contribution in [0.5, 0.6) is 0 Å². The third-order valence-electron chi connectivity index (χ3n) is 4.16. The SMILES string of the molecule is N#Cc1c(F)cccc1NC(c1cccs1)C1CCCC1. The molecule has 2 aromatic rings. The second-order valence-electron chi connectivity index (χ2n) is 5.46. The summed E-state index contributed by atoms with van der Waals surface area (Å²) in [4.78, 5) is 1.26. The number of hydrogen-bond acceptors (Lipinski definition) is 3. The van der Waals surface area contributed by atoms with Crippen LogP contribution in [0.4, 0.5) is 10.1 Å². The van der Waals surface area contributed by atoms with Crippen LogP contribution in [0.1, 0.15) is 42.2 Å². The van der Waals surface area contributed by atoms with Crippen LogP contribution in [0.2, 0.25) is 0 Å². The highest BCUT2D eigenvalue weighted by Gasteiger charge is 2.27. The lowest BCUT2D eigenvalue weighted by molar-refractivity contribution is 0.475. The average Bonchev–Trinajstić information content (AvgIpc) is 3.18. The van der Waals surface area contributed by atoms with Crippen molar-refractivity contribution in [2.24, 2.45) is 5.92 Å². The molecular weight excluding hydrogens is 283 g/mol. The summed E-state index contributed by atoms with van der Waals surface area (Å²) in [6.45, 7) is 0. The summed E-state index contributed by atoms with van der Waals surface area (Å²) < 4.78 is 13.8. The zero-order valence-corrected chi connectivity index (χ0v) is 12.5. The summed E-state index contributed by atoms with van der Waals surface area (Å²) in [5.41, 5.74) is 0.708. The third kappa shape index (κ3) is 2.93. The van der Waals surface area contributed by atoms with E-state index in [0.29, 0.717) is 11.6 Å². The van der Waals surface area contributed by atoms with Gasteiger partial charge in [0.2, 0.25) is 0 Å². The summed E-state index contributed by atoms with van der Waals surface area (Å²) in [6.07, 6.45) is 4.88. The molecule has 21 heavy (non-hydrogen) atoms. The van der Waals surface area contributed by atoms with Crippen molar-refractivity contribution < 1.29 is 4.39 Å². The largest absolute Gasteiger partial charge is 0.376 e. The van der Waals surface area contributed by atoms with Gasteiger partial charge in [0, 0.05) is 4.88 Å². The Morgan fingerprint density at radius 3 is 2.71 bits per heavy atom. The smallest absolute Gasteiger partial charge is 0.143 e. The summed E-state index contributed by atoms with van der Waals surface area (Å²) in [7, 11) is 0. The van der Waals surface area contributed by atoms with Crippen molar-refractivity contribution in [1.82, 2.24) is 0 Å². The van der Waals surface area contributed by atoms with Crippen molar-refractivity contribution in [3.05, 3.63) is 52.0 Å². The van der Waals surface area contributed by atoms with E-state index in [4.69, 9.17) is 0 Å². The van der Waals surface area contributed by atoms with E-state index in [0.717, 1.165) is 0 Å². The van der Waals surface area contributed by atoms with E-state index in [-0.39, 0.29) is 11.6 Å². The van der Waals surface area contributed by atoms with Crippen molar-refractivity contribution >= 4 is 17.0 Å². The first-order valence-corrected chi connectivity index (χ1v) is 8.16. The first-order valence-electron chi connectivity index (χ1n) is 7.28. The molecule has 0 aliphatic heterocycles. The molecule has 108 valence electrons. The molecule has 1 fully saturated rings. The van der Waals surface area contributed by atoms with E-state index < -0.39 is 5.82 Å². The number of thiophene rings is 1. The Labute approximate surface area is 128 Å². The Morgan fingerprint density at radius 2 is 2.05 bits per heavy atom. The highest BCUT2D eigenvalue weighted by Crippen LogP contribution is 2.40. The molecule has 0 saturated heterocycles. The fraction of sp³-hybridized carbons (Fsp3) is 0.353. The van der Waals surface area contributed by atoms with Crippen LogP contribution in [-0.4, -0.2) is 0 Å². The second kappa shape index (κ2) is 6.28. The second-order valence-corrected chi connectivity index (χ2v) is 6.44. The van der Waals surface area contributed by atoms with Gasteiger partial charge in [-0.2, -0.15) is 5.26 Å². The summed E-state index contributed by atoms with van der Waals surface area (Å²) >= 11 is 1.72. The van der Waals surface area contributed by atoms with Crippen LogP contribution in [0.25, 0.3) is 0 Å². The van der Waals surface area contributed by atoms with Crippen molar-refractivity contribution in [3.63, 3.8) is 0 Å². The van der Waals surface area contributed by atoms with Gasteiger partial charge in [-0.1, -0.05) is 25.0 Å². The third-order valence-corrected chi connectivity index (χ3v) is 5.11. The Hall–Kier alpha value is -1.86. The molecule has 1 heterocycles. The monoisotopic (exact) mass is 300 g/mol. The Morgan fingerprint density at radius 1 is 1.24 bits per heavy atom. The number of nitriles is 1. The standard InChI is InChI=1S/C17H17FN2S/c18-14-7-3-8-15(13(14)11-19)20-17(12-5-1-2-6-12)16-9-4-10-21-16/h3-4,7-10,12,17,20H,1-2,5-6H2. The van der Waals surface area contributed by atoms with Gasteiger partial charge in [-0.05, 0) is 42.3 Å². The molecule has 0 bridgehead atoms. The van der Waals surface area contributed by atoms with Crippen LogP contribution in [-0.2, 0) is 0 Å². The minimum Gasteiger partial charge on any atom is -0.376 e. The molecule has 0 spiro atoms. The lowest BCUT2D eigenvalue weighted by Gasteiger charge is -2.25. The molecule has 0 amide bonds. The molecule has 2 nitrogen and oxygen atoms in total. The highest BCUT2D eigenvalue weighted by atomic mass is 32.1. The predicted molar refractivity (Wildman–Crippen MR) is 83.8 cm³/mol. The van der Waals surface area contributed by atoms with Gasteiger partial charge in [-0.15, -0.1) is 11.3 Å². The summed E-state index contributed by atoms with van der Waals surface area (Å²) in [5.74, 6) is 0.0947. The minimum atomic E-state index is -0.459. The summed E-state index contributed by atoms with van der Waals surface area (Å²) in [5, 5.41) is 14.7. The van der Waals surface area contributed by atoms with Gasteiger partial charge in [-0.3, -0.25) is 0 Å². The lowest BCUT2D eigenvalue weighted by atomic mass is 9.96. The van der Waals surface area contributed by atoms with E-state index in [9.17, 15) is 9.65 Å². The van der Waals surface area contributed by atoms with Gasteiger partial charge in [0.1, 0.15) is 17.4 Å². The Kier molecular flexibility index (Phi) is 4.21. The van der Waals surface area contributed by atoms with E-state index in [1.165, 1.54) is 36.6 Å². The number of nitrogens with zero attached hydrogens (tertiary/aromatic N) is 1. The number of nitrogens with one attached hydrogen (secondary N) is 1. The van der Waals surface area contributed by atoms with Gasteiger partial charge < -0.3 is 5.32 Å². The van der Waals surface area contributed by atoms with E-state index in [2.05, 4.69) is 16.8 Å². The normalized spacial score (nSPS) is 16.6. The van der Waals surface area contributed by atoms with Gasteiger partial charge in [0.05, 0.1) is 11.7 Å². The Balaban J connectivity index is 1.92. The van der Waals surface area contributed by atoms with Gasteiger partial charge in [0.25, 0.3) is 0 Å². The van der Waals surface area contributed by atoms with Crippen molar-refractivity contribution in [1.29, 1.82) is 5.26 Å². The number of hydrogen-bond donors (Lipinski definition) is 1. The maximum Gasteiger partial charge on any atom is 0.143 e. The molecule has 1 aliphatic carbocycles. The molecule has 1 unspecified atom stereocenters. The van der Waals surface area contributed by atoms with E-state index in [1.54, 1.807) is 23.5 Å². The fourth-order valence-electron chi connectivity index (χ4n) is 3.11. The quantitative estimate of drug-likeness (QED) is 0.852. The van der Waals surface area contributed by atoms with E-state index >= 15 is 0 Å². The molecule has 1 aliphatic rings. The van der Waals surface area contributed by atoms with Gasteiger partial charge in [0.15, 0.2) is 0 Å².